The number of nitrogens with one attached hydrogen (secondary N) is 2. The van der Waals surface area contributed by atoms with Crippen LogP contribution in [0.3, 0.4) is 0 Å². The SMILES string of the molecule is O=C1NC(C=Cc2ccco2)Nc2scc(-c3ccccc3)c21. The van der Waals surface area contributed by atoms with Crippen LogP contribution >= 0.6 is 11.3 Å². The van der Waals surface area contributed by atoms with Crippen molar-refractivity contribution in [1.82, 2.24) is 5.32 Å². The maximum absolute atomic E-state index is 12.5. The molecule has 2 aromatic heterocycles. The van der Waals surface area contributed by atoms with E-state index in [0.29, 0.717) is 5.56 Å². The molecule has 3 heterocycles. The molecule has 0 radical (unpaired) electrons. The quantitative estimate of drug-likeness (QED) is 0.760. The summed E-state index contributed by atoms with van der Waals surface area (Å²) in [6.45, 7) is 0. The lowest BCUT2D eigenvalue weighted by molar-refractivity contribution is 0.0944. The number of carbonyl (C=O) groups excluding carboxylic acids is 1. The number of furan rings is 1. The summed E-state index contributed by atoms with van der Waals surface area (Å²) in [4.78, 5) is 12.5. The molecule has 1 atom stereocenters. The van der Waals surface area contributed by atoms with Crippen LogP contribution in [0.1, 0.15) is 16.1 Å². The smallest absolute Gasteiger partial charge is 0.256 e. The Labute approximate surface area is 137 Å². The first-order chi connectivity index (χ1) is 11.3. The highest BCUT2D eigenvalue weighted by atomic mass is 32.1. The fourth-order valence-corrected chi connectivity index (χ4v) is 3.59. The van der Waals surface area contributed by atoms with Crippen LogP contribution in [0.5, 0.6) is 0 Å². The summed E-state index contributed by atoms with van der Waals surface area (Å²) in [6, 6.07) is 13.6. The third kappa shape index (κ3) is 2.66. The summed E-state index contributed by atoms with van der Waals surface area (Å²) in [5.74, 6) is 0.691. The van der Waals surface area contributed by atoms with Crippen molar-refractivity contribution < 1.29 is 9.21 Å². The molecule has 0 spiro atoms. The molecule has 4 rings (SSSR count). The average molecular weight is 322 g/mol. The molecular weight excluding hydrogens is 308 g/mol. The van der Waals surface area contributed by atoms with E-state index in [2.05, 4.69) is 10.6 Å². The molecule has 4 nitrogen and oxygen atoms in total. The molecule has 1 amide bonds. The number of fused-ring (bicyclic) bond motifs is 1. The molecule has 0 saturated heterocycles. The molecule has 1 aliphatic rings. The number of carbonyl (C=O) groups is 1. The van der Waals surface area contributed by atoms with E-state index in [1.807, 2.05) is 60.0 Å². The number of anilines is 1. The Morgan fingerprint density at radius 2 is 1.96 bits per heavy atom. The summed E-state index contributed by atoms with van der Waals surface area (Å²) in [6.07, 6.45) is 5.09. The van der Waals surface area contributed by atoms with Crippen LogP contribution in [0.2, 0.25) is 0 Å². The van der Waals surface area contributed by atoms with Crippen molar-refractivity contribution in [2.75, 3.05) is 5.32 Å². The summed E-state index contributed by atoms with van der Waals surface area (Å²) >= 11 is 1.55. The lowest BCUT2D eigenvalue weighted by Gasteiger charge is -2.23. The van der Waals surface area contributed by atoms with E-state index in [-0.39, 0.29) is 12.1 Å². The predicted octanol–water partition coefficient (Wildman–Crippen LogP) is 4.20. The largest absolute Gasteiger partial charge is 0.465 e. The van der Waals surface area contributed by atoms with E-state index in [1.165, 1.54) is 0 Å². The molecule has 1 unspecified atom stereocenters. The lowest BCUT2D eigenvalue weighted by Crippen LogP contribution is -2.43. The highest BCUT2D eigenvalue weighted by Crippen LogP contribution is 2.37. The van der Waals surface area contributed by atoms with E-state index in [9.17, 15) is 4.79 Å². The van der Waals surface area contributed by atoms with E-state index in [1.54, 1.807) is 17.6 Å². The first-order valence-electron chi connectivity index (χ1n) is 7.27. The molecule has 0 aliphatic carbocycles. The summed E-state index contributed by atoms with van der Waals surface area (Å²) in [7, 11) is 0. The van der Waals surface area contributed by atoms with Gasteiger partial charge in [0.05, 0.1) is 11.8 Å². The van der Waals surface area contributed by atoms with Gasteiger partial charge in [-0.25, -0.2) is 0 Å². The molecular formula is C18H14N2O2S. The maximum Gasteiger partial charge on any atom is 0.256 e. The van der Waals surface area contributed by atoms with Crippen molar-refractivity contribution in [3.63, 3.8) is 0 Å². The van der Waals surface area contributed by atoms with Crippen LogP contribution in [0.4, 0.5) is 5.00 Å². The van der Waals surface area contributed by atoms with Gasteiger partial charge < -0.3 is 15.1 Å². The third-order valence-electron chi connectivity index (χ3n) is 3.67. The molecule has 114 valence electrons. The molecule has 2 N–H and O–H groups in total. The van der Waals surface area contributed by atoms with Crippen molar-refractivity contribution in [3.8, 4) is 11.1 Å². The topological polar surface area (TPSA) is 54.3 Å². The summed E-state index contributed by atoms with van der Waals surface area (Å²) in [5.41, 5.74) is 2.72. The Bertz CT molecular complexity index is 851. The second kappa shape index (κ2) is 5.78. The fraction of sp³-hybridized carbons (Fsp3) is 0.0556. The number of amides is 1. The standard InChI is InChI=1S/C18H14N2O2S/c21-17-16-14(12-5-2-1-3-6-12)11-23-18(16)20-15(19-17)9-8-13-7-4-10-22-13/h1-11,15,20H,(H,19,21). The zero-order valence-corrected chi connectivity index (χ0v) is 13.0. The van der Waals surface area contributed by atoms with Gasteiger partial charge >= 0.3 is 0 Å². The Balaban J connectivity index is 1.61. The van der Waals surface area contributed by atoms with Crippen LogP contribution in [0.15, 0.2) is 64.6 Å². The van der Waals surface area contributed by atoms with Crippen LogP contribution in [-0.4, -0.2) is 12.1 Å². The van der Waals surface area contributed by atoms with E-state index >= 15 is 0 Å². The molecule has 1 aliphatic heterocycles. The molecule has 0 bridgehead atoms. The maximum atomic E-state index is 12.5. The second-order valence-corrected chi connectivity index (χ2v) is 6.07. The van der Waals surface area contributed by atoms with Crippen LogP contribution in [0.25, 0.3) is 17.2 Å². The van der Waals surface area contributed by atoms with Crippen LogP contribution in [0, 0.1) is 0 Å². The average Bonchev–Trinajstić information content (AvgIpc) is 3.23. The summed E-state index contributed by atoms with van der Waals surface area (Å²) < 4.78 is 5.26. The summed E-state index contributed by atoms with van der Waals surface area (Å²) in [5, 5.41) is 9.21. The van der Waals surface area contributed by atoms with Crippen molar-refractivity contribution in [2.24, 2.45) is 0 Å². The van der Waals surface area contributed by atoms with Gasteiger partial charge in [-0.05, 0) is 29.8 Å². The fourth-order valence-electron chi connectivity index (χ4n) is 2.58. The van der Waals surface area contributed by atoms with Crippen LogP contribution in [-0.2, 0) is 0 Å². The first kappa shape index (κ1) is 13.8. The molecule has 23 heavy (non-hydrogen) atoms. The second-order valence-electron chi connectivity index (χ2n) is 5.19. The van der Waals surface area contributed by atoms with Gasteiger partial charge in [-0.3, -0.25) is 4.79 Å². The minimum Gasteiger partial charge on any atom is -0.465 e. The highest BCUT2D eigenvalue weighted by Gasteiger charge is 2.27. The zero-order valence-electron chi connectivity index (χ0n) is 12.2. The normalized spacial score (nSPS) is 16.9. The zero-order chi connectivity index (χ0) is 15.6. The Kier molecular flexibility index (Phi) is 3.48. The van der Waals surface area contributed by atoms with Gasteiger partial charge in [0.15, 0.2) is 0 Å². The van der Waals surface area contributed by atoms with Crippen LogP contribution < -0.4 is 10.6 Å². The van der Waals surface area contributed by atoms with Crippen molar-refractivity contribution in [1.29, 1.82) is 0 Å². The predicted molar refractivity (Wildman–Crippen MR) is 92.4 cm³/mol. The third-order valence-corrected chi connectivity index (χ3v) is 4.58. The van der Waals surface area contributed by atoms with Crippen molar-refractivity contribution in [3.05, 3.63) is 71.5 Å². The molecule has 0 saturated carbocycles. The van der Waals surface area contributed by atoms with Gasteiger partial charge in [0, 0.05) is 10.9 Å². The highest BCUT2D eigenvalue weighted by molar-refractivity contribution is 7.15. The Morgan fingerprint density at radius 3 is 2.74 bits per heavy atom. The van der Waals surface area contributed by atoms with Gasteiger partial charge in [-0.15, -0.1) is 11.3 Å². The molecule has 3 aromatic rings. The molecule has 1 aromatic carbocycles. The number of thiophene rings is 1. The Morgan fingerprint density at radius 1 is 1.09 bits per heavy atom. The van der Waals surface area contributed by atoms with E-state index in [4.69, 9.17) is 4.42 Å². The van der Waals surface area contributed by atoms with Crippen molar-refractivity contribution >= 4 is 28.3 Å². The monoisotopic (exact) mass is 322 g/mol. The van der Waals surface area contributed by atoms with E-state index < -0.39 is 0 Å². The number of rotatable bonds is 3. The van der Waals surface area contributed by atoms with Gasteiger partial charge in [0.1, 0.15) is 16.9 Å². The number of hydrogen-bond donors (Lipinski definition) is 2. The minimum absolute atomic E-state index is 0.0621. The lowest BCUT2D eigenvalue weighted by atomic mass is 10.0. The van der Waals surface area contributed by atoms with Gasteiger partial charge in [-0.2, -0.15) is 0 Å². The minimum atomic E-state index is -0.248. The Hall–Kier alpha value is -2.79. The van der Waals surface area contributed by atoms with Gasteiger partial charge in [0.25, 0.3) is 5.91 Å². The molecule has 5 heteroatoms. The number of benzene rings is 1. The molecule has 0 fully saturated rings. The van der Waals surface area contributed by atoms with Crippen molar-refractivity contribution in [2.45, 2.75) is 6.17 Å². The van der Waals surface area contributed by atoms with Gasteiger partial charge in [0.2, 0.25) is 0 Å². The first-order valence-corrected chi connectivity index (χ1v) is 8.15. The van der Waals surface area contributed by atoms with E-state index in [0.717, 1.165) is 21.9 Å². The van der Waals surface area contributed by atoms with Gasteiger partial charge in [-0.1, -0.05) is 30.3 Å². The number of hydrogen-bond acceptors (Lipinski definition) is 4.